The Morgan fingerprint density at radius 1 is 1.35 bits per heavy atom. The van der Waals surface area contributed by atoms with Crippen molar-refractivity contribution in [1.29, 1.82) is 0 Å². The van der Waals surface area contributed by atoms with Gasteiger partial charge in [0.2, 0.25) is 11.8 Å². The quantitative estimate of drug-likeness (QED) is 0.630. The zero-order valence-corrected chi connectivity index (χ0v) is 11.6. The summed E-state index contributed by atoms with van der Waals surface area (Å²) in [7, 11) is 2.72. The Balaban J connectivity index is 2.81. The number of methoxy groups -OCH3 is 2. The summed E-state index contributed by atoms with van der Waals surface area (Å²) in [5.41, 5.74) is -1.12. The molecule has 1 rings (SSSR count). The molecule has 20 heavy (non-hydrogen) atoms. The lowest BCUT2D eigenvalue weighted by molar-refractivity contribution is -0.141. The monoisotopic (exact) mass is 310 g/mol. The van der Waals surface area contributed by atoms with Crippen molar-refractivity contribution < 1.29 is 22.6 Å². The Morgan fingerprint density at radius 2 is 2.05 bits per heavy atom. The third-order valence-corrected chi connectivity index (χ3v) is 2.27. The third kappa shape index (κ3) is 5.13. The average molecular weight is 310 g/mol. The molecule has 1 aromatic heterocycles. The average Bonchev–Trinajstić information content (AvgIpc) is 2.37. The van der Waals surface area contributed by atoms with Crippen molar-refractivity contribution in [2.75, 3.05) is 32.7 Å². The summed E-state index contributed by atoms with van der Waals surface area (Å²) in [6.45, 7) is 0.799. The largest absolute Gasteiger partial charge is 0.481 e. The zero-order valence-electron chi connectivity index (χ0n) is 10.7. The first kappa shape index (κ1) is 16.4. The third-order valence-electron chi connectivity index (χ3n) is 2.02. The molecular formula is C10H13F3N4O2S. The van der Waals surface area contributed by atoms with Gasteiger partial charge < -0.3 is 20.1 Å². The van der Waals surface area contributed by atoms with Crippen LogP contribution in [0.1, 0.15) is 5.69 Å². The highest BCUT2D eigenvalue weighted by atomic mass is 32.1. The number of anilines is 1. The number of hydrogen-bond acceptors (Lipinski definition) is 5. The highest BCUT2D eigenvalue weighted by molar-refractivity contribution is 7.80. The number of ether oxygens (including phenoxy) is 2. The minimum Gasteiger partial charge on any atom is -0.481 e. The van der Waals surface area contributed by atoms with Gasteiger partial charge in [-0.25, -0.2) is 4.98 Å². The van der Waals surface area contributed by atoms with Gasteiger partial charge in [0.15, 0.2) is 10.8 Å². The van der Waals surface area contributed by atoms with Crippen LogP contribution in [0.25, 0.3) is 0 Å². The highest BCUT2D eigenvalue weighted by Gasteiger charge is 2.34. The number of nitrogens with one attached hydrogen (secondary N) is 2. The maximum Gasteiger partial charge on any atom is 0.433 e. The second-order valence-corrected chi connectivity index (χ2v) is 3.90. The first-order valence-corrected chi connectivity index (χ1v) is 5.81. The van der Waals surface area contributed by atoms with E-state index in [1.807, 2.05) is 0 Å². The van der Waals surface area contributed by atoms with E-state index in [2.05, 4.69) is 20.6 Å². The smallest absolute Gasteiger partial charge is 0.433 e. The molecule has 0 bridgehead atoms. The van der Waals surface area contributed by atoms with Gasteiger partial charge >= 0.3 is 6.18 Å². The van der Waals surface area contributed by atoms with Crippen LogP contribution < -0.4 is 15.4 Å². The molecule has 1 aromatic rings. The Hall–Kier alpha value is -1.68. The van der Waals surface area contributed by atoms with Crippen LogP contribution in [0.5, 0.6) is 5.88 Å². The molecule has 1 heterocycles. The van der Waals surface area contributed by atoms with Crippen LogP contribution in [-0.4, -0.2) is 42.5 Å². The molecule has 2 N–H and O–H groups in total. The number of aromatic nitrogens is 2. The van der Waals surface area contributed by atoms with Gasteiger partial charge in [0, 0.05) is 19.7 Å². The number of rotatable bonds is 5. The first-order chi connectivity index (χ1) is 9.36. The Kier molecular flexibility index (Phi) is 5.89. The van der Waals surface area contributed by atoms with E-state index >= 15 is 0 Å². The Labute approximate surface area is 118 Å². The first-order valence-electron chi connectivity index (χ1n) is 5.41. The van der Waals surface area contributed by atoms with E-state index in [1.54, 1.807) is 0 Å². The lowest BCUT2D eigenvalue weighted by Crippen LogP contribution is -2.32. The number of nitrogens with zero attached hydrogens (tertiary/aromatic N) is 2. The predicted molar refractivity (Wildman–Crippen MR) is 69.7 cm³/mol. The number of halogens is 3. The molecule has 0 aromatic carbocycles. The van der Waals surface area contributed by atoms with Crippen LogP contribution >= 0.6 is 12.2 Å². The molecule has 6 nitrogen and oxygen atoms in total. The lowest BCUT2D eigenvalue weighted by atomic mass is 10.4. The van der Waals surface area contributed by atoms with Crippen molar-refractivity contribution in [2.24, 2.45) is 0 Å². The molecule has 0 aliphatic heterocycles. The Bertz CT molecular complexity index is 470. The normalized spacial score (nSPS) is 11.1. The van der Waals surface area contributed by atoms with Gasteiger partial charge in [0.05, 0.1) is 13.7 Å². The molecule has 0 radical (unpaired) electrons. The highest BCUT2D eigenvalue weighted by Crippen LogP contribution is 2.30. The van der Waals surface area contributed by atoms with Crippen LogP contribution in [0.2, 0.25) is 0 Å². The van der Waals surface area contributed by atoms with E-state index < -0.39 is 11.9 Å². The van der Waals surface area contributed by atoms with E-state index in [1.165, 1.54) is 14.2 Å². The maximum absolute atomic E-state index is 12.6. The summed E-state index contributed by atoms with van der Waals surface area (Å²) in [4.78, 5) is 7.07. The van der Waals surface area contributed by atoms with Gasteiger partial charge in [0.25, 0.3) is 0 Å². The van der Waals surface area contributed by atoms with Gasteiger partial charge in [-0.2, -0.15) is 18.2 Å². The van der Waals surface area contributed by atoms with E-state index in [-0.39, 0.29) is 16.9 Å². The van der Waals surface area contributed by atoms with Crippen LogP contribution in [0.15, 0.2) is 6.07 Å². The fourth-order valence-electron chi connectivity index (χ4n) is 1.14. The van der Waals surface area contributed by atoms with Gasteiger partial charge in [-0.1, -0.05) is 0 Å². The summed E-state index contributed by atoms with van der Waals surface area (Å²) < 4.78 is 47.4. The molecule has 0 atom stereocenters. The molecule has 0 saturated carbocycles. The molecule has 0 amide bonds. The minimum absolute atomic E-state index is 0.0865. The van der Waals surface area contributed by atoms with E-state index in [4.69, 9.17) is 21.7 Å². The Morgan fingerprint density at radius 3 is 2.60 bits per heavy atom. The van der Waals surface area contributed by atoms with Crippen molar-refractivity contribution in [3.63, 3.8) is 0 Å². The summed E-state index contributed by atoms with van der Waals surface area (Å²) in [5, 5.41) is 5.26. The van der Waals surface area contributed by atoms with E-state index in [0.717, 1.165) is 0 Å². The van der Waals surface area contributed by atoms with Crippen molar-refractivity contribution in [3.8, 4) is 5.88 Å². The van der Waals surface area contributed by atoms with Gasteiger partial charge in [-0.3, -0.25) is 0 Å². The summed E-state index contributed by atoms with van der Waals surface area (Å²) >= 11 is 4.89. The molecule has 0 saturated heterocycles. The number of hydrogen-bond donors (Lipinski definition) is 2. The van der Waals surface area contributed by atoms with Crippen molar-refractivity contribution in [3.05, 3.63) is 11.8 Å². The predicted octanol–water partition coefficient (Wildman–Crippen LogP) is 1.44. The topological polar surface area (TPSA) is 68.3 Å². The second-order valence-electron chi connectivity index (χ2n) is 3.49. The molecule has 0 aliphatic rings. The molecule has 112 valence electrons. The van der Waals surface area contributed by atoms with Crippen LogP contribution in [-0.2, 0) is 10.9 Å². The van der Waals surface area contributed by atoms with Crippen LogP contribution in [0.4, 0.5) is 19.1 Å². The molecule has 0 fully saturated rings. The summed E-state index contributed by atoms with van der Waals surface area (Å²) in [6.07, 6.45) is -4.60. The molecular weight excluding hydrogens is 297 g/mol. The van der Waals surface area contributed by atoms with Crippen molar-refractivity contribution in [2.45, 2.75) is 6.18 Å². The molecule has 0 aliphatic carbocycles. The lowest BCUT2D eigenvalue weighted by Gasteiger charge is -2.12. The van der Waals surface area contributed by atoms with E-state index in [0.29, 0.717) is 19.2 Å². The summed E-state index contributed by atoms with van der Waals surface area (Å²) in [5.74, 6) is -0.513. The fourth-order valence-corrected chi connectivity index (χ4v) is 1.34. The standard InChI is InChI=1S/C10H13F3N4O2S/c1-18-4-3-14-9(20)17-8-15-6(10(11,12)13)5-7(16-8)19-2/h5H,3-4H2,1-2H3,(H2,14,15,16,17,20). The second kappa shape index (κ2) is 7.20. The molecule has 10 heteroatoms. The van der Waals surface area contributed by atoms with Gasteiger partial charge in [-0.15, -0.1) is 0 Å². The summed E-state index contributed by atoms with van der Waals surface area (Å²) in [6, 6.07) is 0.701. The molecule has 0 spiro atoms. The number of thiocarbonyl (C=S) groups is 1. The van der Waals surface area contributed by atoms with Crippen molar-refractivity contribution >= 4 is 23.3 Å². The zero-order chi connectivity index (χ0) is 15.2. The van der Waals surface area contributed by atoms with Gasteiger partial charge in [-0.05, 0) is 12.2 Å². The number of alkyl halides is 3. The fraction of sp³-hybridized carbons (Fsp3) is 0.500. The molecule has 0 unspecified atom stereocenters. The van der Waals surface area contributed by atoms with Crippen LogP contribution in [0, 0.1) is 0 Å². The maximum atomic E-state index is 12.6. The van der Waals surface area contributed by atoms with Gasteiger partial charge in [0.1, 0.15) is 0 Å². The van der Waals surface area contributed by atoms with Crippen LogP contribution in [0.3, 0.4) is 0 Å². The minimum atomic E-state index is -4.60. The van der Waals surface area contributed by atoms with Crippen molar-refractivity contribution in [1.82, 2.24) is 15.3 Å². The van der Waals surface area contributed by atoms with E-state index in [9.17, 15) is 13.2 Å². The SMILES string of the molecule is COCCNC(=S)Nc1nc(OC)cc(C(F)(F)F)n1.